The third kappa shape index (κ3) is 2.95. The molecule has 4 nitrogen and oxygen atoms in total. The van der Waals surface area contributed by atoms with Gasteiger partial charge in [-0.2, -0.15) is 5.26 Å². The quantitative estimate of drug-likeness (QED) is 0.920. The van der Waals surface area contributed by atoms with Gasteiger partial charge in [0.25, 0.3) is 0 Å². The van der Waals surface area contributed by atoms with E-state index in [9.17, 15) is 5.11 Å². The summed E-state index contributed by atoms with van der Waals surface area (Å²) < 4.78 is 5.54. The summed E-state index contributed by atoms with van der Waals surface area (Å²) in [4.78, 5) is 2.22. The summed E-state index contributed by atoms with van der Waals surface area (Å²) in [6.45, 7) is 5.68. The number of nitrogens with zero attached hydrogens (tertiary/aromatic N) is 2. The van der Waals surface area contributed by atoms with Gasteiger partial charge >= 0.3 is 0 Å². The second-order valence-electron chi connectivity index (χ2n) is 5.55. The molecule has 1 saturated heterocycles. The number of rotatable bonds is 3. The van der Waals surface area contributed by atoms with Crippen molar-refractivity contribution < 1.29 is 9.84 Å². The smallest absolute Gasteiger partial charge is 0.0992 e. The molecule has 1 aromatic carbocycles. The molecule has 0 spiro atoms. The molecule has 4 heteroatoms. The molecule has 108 valence electrons. The molecule has 1 aliphatic heterocycles. The van der Waals surface area contributed by atoms with Crippen LogP contribution in [0.25, 0.3) is 0 Å². The van der Waals surface area contributed by atoms with Crippen molar-refractivity contribution in [3.8, 4) is 6.07 Å². The van der Waals surface area contributed by atoms with Crippen molar-refractivity contribution in [2.75, 3.05) is 25.1 Å². The molecule has 0 aromatic heterocycles. The van der Waals surface area contributed by atoms with Gasteiger partial charge in [0.2, 0.25) is 0 Å². The second kappa shape index (κ2) is 6.25. The molecule has 0 saturated carbocycles. The monoisotopic (exact) mass is 274 g/mol. The van der Waals surface area contributed by atoms with Crippen molar-refractivity contribution in [2.45, 2.75) is 32.5 Å². The van der Waals surface area contributed by atoms with Crippen molar-refractivity contribution in [3.63, 3.8) is 0 Å². The van der Waals surface area contributed by atoms with Gasteiger partial charge < -0.3 is 14.7 Å². The van der Waals surface area contributed by atoms with Gasteiger partial charge in [0, 0.05) is 31.5 Å². The lowest BCUT2D eigenvalue weighted by atomic mass is 9.94. The summed E-state index contributed by atoms with van der Waals surface area (Å²) >= 11 is 0. The maximum atomic E-state index is 9.93. The fraction of sp³-hybridized carbons (Fsp3) is 0.562. The van der Waals surface area contributed by atoms with E-state index in [1.165, 1.54) is 0 Å². The molecular weight excluding hydrogens is 252 g/mol. The predicted molar refractivity (Wildman–Crippen MR) is 78.6 cm³/mol. The number of benzene rings is 1. The molecule has 0 amide bonds. The molecule has 2 unspecified atom stereocenters. The van der Waals surface area contributed by atoms with Crippen LogP contribution >= 0.6 is 0 Å². The summed E-state index contributed by atoms with van der Waals surface area (Å²) in [5, 5.41) is 19.0. The highest BCUT2D eigenvalue weighted by atomic mass is 16.5. The van der Waals surface area contributed by atoms with E-state index in [1.807, 2.05) is 12.1 Å². The van der Waals surface area contributed by atoms with Gasteiger partial charge in [0.05, 0.1) is 23.8 Å². The molecule has 0 radical (unpaired) electrons. The molecule has 3 atom stereocenters. The first-order valence-corrected chi connectivity index (χ1v) is 7.06. The lowest BCUT2D eigenvalue weighted by Crippen LogP contribution is -2.44. The van der Waals surface area contributed by atoms with E-state index in [2.05, 4.69) is 17.9 Å². The summed E-state index contributed by atoms with van der Waals surface area (Å²) in [5.74, 6) is 0.533. The third-order valence-electron chi connectivity index (χ3n) is 4.14. The van der Waals surface area contributed by atoms with Crippen molar-refractivity contribution >= 4 is 5.69 Å². The third-order valence-corrected chi connectivity index (χ3v) is 4.14. The topological polar surface area (TPSA) is 56.5 Å². The van der Waals surface area contributed by atoms with Gasteiger partial charge in [0.15, 0.2) is 0 Å². The molecule has 1 aliphatic rings. The van der Waals surface area contributed by atoms with Crippen LogP contribution < -0.4 is 4.90 Å². The number of piperidine rings is 1. The Kier molecular flexibility index (Phi) is 4.64. The van der Waals surface area contributed by atoms with Crippen LogP contribution in [0, 0.1) is 17.2 Å². The van der Waals surface area contributed by atoms with Gasteiger partial charge in [-0.3, -0.25) is 0 Å². The molecule has 2 rings (SSSR count). The van der Waals surface area contributed by atoms with Crippen LogP contribution in [-0.4, -0.2) is 31.4 Å². The minimum absolute atomic E-state index is 0.191. The Hall–Kier alpha value is -1.57. The van der Waals surface area contributed by atoms with Crippen molar-refractivity contribution in [1.29, 1.82) is 5.26 Å². The highest BCUT2D eigenvalue weighted by molar-refractivity contribution is 5.59. The van der Waals surface area contributed by atoms with Crippen LogP contribution in [0.3, 0.4) is 0 Å². The number of ether oxygens (including phenoxy) is 1. The molecule has 20 heavy (non-hydrogen) atoms. The molecule has 1 N–H and O–H groups in total. The van der Waals surface area contributed by atoms with Crippen LogP contribution in [0.1, 0.15) is 37.5 Å². The Balaban J connectivity index is 2.33. The standard InChI is InChI=1S/C16H22N2O2/c1-11-6-7-18(10-16(11)20-3)15-8-13(9-17)4-5-14(15)12(2)19/h4-5,8,11-12,16,19H,6-7,10H2,1-3H3/t11?,12-,16?/m0/s1. The summed E-state index contributed by atoms with van der Waals surface area (Å²) in [7, 11) is 1.74. The Labute approximate surface area is 120 Å². The van der Waals surface area contributed by atoms with E-state index in [-0.39, 0.29) is 6.10 Å². The fourth-order valence-electron chi connectivity index (χ4n) is 2.80. The molecule has 1 aromatic rings. The van der Waals surface area contributed by atoms with Crippen molar-refractivity contribution in [1.82, 2.24) is 0 Å². The first kappa shape index (κ1) is 14.8. The fourth-order valence-corrected chi connectivity index (χ4v) is 2.80. The van der Waals surface area contributed by atoms with E-state index in [4.69, 9.17) is 10.00 Å². The largest absolute Gasteiger partial charge is 0.389 e. The number of methoxy groups -OCH3 is 1. The number of aliphatic hydroxyl groups is 1. The van der Waals surface area contributed by atoms with Crippen LogP contribution in [-0.2, 0) is 4.74 Å². The summed E-state index contributed by atoms with van der Waals surface area (Å²) in [6.07, 6.45) is 0.698. The molecule has 0 aliphatic carbocycles. The van der Waals surface area contributed by atoms with Crippen LogP contribution in [0.2, 0.25) is 0 Å². The lowest BCUT2D eigenvalue weighted by molar-refractivity contribution is 0.0497. The lowest BCUT2D eigenvalue weighted by Gasteiger charge is -2.38. The second-order valence-corrected chi connectivity index (χ2v) is 5.55. The minimum atomic E-state index is -0.543. The Morgan fingerprint density at radius 1 is 1.50 bits per heavy atom. The van der Waals surface area contributed by atoms with E-state index in [0.717, 1.165) is 30.8 Å². The highest BCUT2D eigenvalue weighted by Gasteiger charge is 2.27. The molecular formula is C16H22N2O2. The van der Waals surface area contributed by atoms with E-state index >= 15 is 0 Å². The van der Waals surface area contributed by atoms with Crippen LogP contribution in [0.4, 0.5) is 5.69 Å². The number of anilines is 1. The normalized spacial score (nSPS) is 24.2. The zero-order chi connectivity index (χ0) is 14.7. The van der Waals surface area contributed by atoms with Crippen LogP contribution in [0.15, 0.2) is 18.2 Å². The minimum Gasteiger partial charge on any atom is -0.389 e. The van der Waals surface area contributed by atoms with E-state index in [0.29, 0.717) is 11.5 Å². The first-order valence-electron chi connectivity index (χ1n) is 7.06. The van der Waals surface area contributed by atoms with Gasteiger partial charge in [-0.25, -0.2) is 0 Å². The van der Waals surface area contributed by atoms with E-state index in [1.54, 1.807) is 20.1 Å². The van der Waals surface area contributed by atoms with Gasteiger partial charge in [-0.15, -0.1) is 0 Å². The van der Waals surface area contributed by atoms with Gasteiger partial charge in [-0.1, -0.05) is 13.0 Å². The Morgan fingerprint density at radius 3 is 2.85 bits per heavy atom. The van der Waals surface area contributed by atoms with Crippen LogP contribution in [0.5, 0.6) is 0 Å². The Bertz CT molecular complexity index is 508. The Morgan fingerprint density at radius 2 is 2.25 bits per heavy atom. The van der Waals surface area contributed by atoms with Crippen molar-refractivity contribution in [3.05, 3.63) is 29.3 Å². The summed E-state index contributed by atoms with van der Waals surface area (Å²) in [6, 6.07) is 7.63. The summed E-state index contributed by atoms with van der Waals surface area (Å²) in [5.41, 5.74) is 2.44. The maximum Gasteiger partial charge on any atom is 0.0992 e. The number of aliphatic hydroxyl groups excluding tert-OH is 1. The highest BCUT2D eigenvalue weighted by Crippen LogP contribution is 2.31. The number of hydrogen-bond acceptors (Lipinski definition) is 4. The van der Waals surface area contributed by atoms with Gasteiger partial charge in [0.1, 0.15) is 0 Å². The maximum absolute atomic E-state index is 9.93. The van der Waals surface area contributed by atoms with Gasteiger partial charge in [-0.05, 0) is 31.4 Å². The van der Waals surface area contributed by atoms with Crippen molar-refractivity contribution in [2.24, 2.45) is 5.92 Å². The van der Waals surface area contributed by atoms with E-state index < -0.39 is 6.10 Å². The molecule has 1 heterocycles. The SMILES string of the molecule is COC1CN(c2cc(C#N)ccc2[C@H](C)O)CCC1C. The molecule has 0 bridgehead atoms. The average Bonchev–Trinajstić information content (AvgIpc) is 2.47. The average molecular weight is 274 g/mol. The first-order chi connectivity index (χ1) is 9.56. The number of hydrogen-bond donors (Lipinski definition) is 1. The predicted octanol–water partition coefficient (Wildman–Crippen LogP) is 2.47. The number of nitriles is 1. The molecule has 1 fully saturated rings. The zero-order valence-corrected chi connectivity index (χ0v) is 12.3. The zero-order valence-electron chi connectivity index (χ0n) is 12.3.